The highest BCUT2D eigenvalue weighted by atomic mass is 15.3. The minimum absolute atomic E-state index is 0.525. The Hall–Kier alpha value is -2.31. The molecule has 0 spiro atoms. The Morgan fingerprint density at radius 1 is 1.41 bits per heavy atom. The second kappa shape index (κ2) is 4.69. The summed E-state index contributed by atoms with van der Waals surface area (Å²) in [5.41, 5.74) is 0.804. The van der Waals surface area contributed by atoms with E-state index in [0.717, 1.165) is 5.56 Å². The van der Waals surface area contributed by atoms with Crippen molar-refractivity contribution in [3.8, 4) is 11.4 Å². The molecule has 17 heavy (non-hydrogen) atoms. The molecule has 7 nitrogen and oxygen atoms in total. The van der Waals surface area contributed by atoms with Crippen LogP contribution in [0.2, 0.25) is 0 Å². The molecular weight excluding hydrogens is 218 g/mol. The Labute approximate surface area is 98.8 Å². The van der Waals surface area contributed by atoms with Crippen molar-refractivity contribution < 1.29 is 0 Å². The van der Waals surface area contributed by atoms with E-state index in [4.69, 9.17) is 0 Å². The van der Waals surface area contributed by atoms with E-state index in [2.05, 4.69) is 25.3 Å². The standard InChI is InChI=1S/C10H13N7/c1-16(2)7-12-9-8(4-5-13-15-9)10-11-6-14-17(10)3/h4-7H,1-3H3/b12-7+. The molecule has 0 aliphatic rings. The van der Waals surface area contributed by atoms with Crippen LogP contribution >= 0.6 is 0 Å². The third-order valence-corrected chi connectivity index (χ3v) is 2.06. The quantitative estimate of drug-likeness (QED) is 0.568. The Morgan fingerprint density at radius 3 is 2.88 bits per heavy atom. The first-order chi connectivity index (χ1) is 8.18. The zero-order valence-electron chi connectivity index (χ0n) is 9.94. The van der Waals surface area contributed by atoms with E-state index >= 15 is 0 Å². The van der Waals surface area contributed by atoms with E-state index in [-0.39, 0.29) is 0 Å². The molecule has 0 aliphatic heterocycles. The van der Waals surface area contributed by atoms with E-state index in [1.807, 2.05) is 32.1 Å². The third kappa shape index (κ3) is 2.44. The number of aliphatic imine (C=N–C) groups is 1. The highest BCUT2D eigenvalue weighted by Crippen LogP contribution is 2.24. The molecular formula is C10H13N7. The molecule has 0 unspecified atom stereocenters. The summed E-state index contributed by atoms with van der Waals surface area (Å²) in [5.74, 6) is 1.24. The average molecular weight is 231 g/mol. The summed E-state index contributed by atoms with van der Waals surface area (Å²) < 4.78 is 1.67. The lowest BCUT2D eigenvalue weighted by Crippen LogP contribution is -2.07. The maximum absolute atomic E-state index is 4.25. The van der Waals surface area contributed by atoms with E-state index in [1.165, 1.54) is 6.33 Å². The zero-order valence-corrected chi connectivity index (χ0v) is 9.94. The van der Waals surface area contributed by atoms with Crippen molar-refractivity contribution in [2.45, 2.75) is 0 Å². The fourth-order valence-corrected chi connectivity index (χ4v) is 1.30. The number of hydrogen-bond acceptors (Lipinski definition) is 5. The molecule has 2 aromatic heterocycles. The van der Waals surface area contributed by atoms with Crippen LogP contribution in [-0.2, 0) is 7.05 Å². The molecule has 0 amide bonds. The summed E-state index contributed by atoms with van der Waals surface area (Å²) >= 11 is 0. The van der Waals surface area contributed by atoms with Gasteiger partial charge in [0, 0.05) is 21.1 Å². The summed E-state index contributed by atoms with van der Waals surface area (Å²) in [6.45, 7) is 0. The Morgan fingerprint density at radius 2 is 2.24 bits per heavy atom. The van der Waals surface area contributed by atoms with Gasteiger partial charge in [0.25, 0.3) is 0 Å². The number of rotatable bonds is 3. The van der Waals surface area contributed by atoms with Crippen molar-refractivity contribution in [3.63, 3.8) is 0 Å². The Balaban J connectivity index is 2.45. The molecule has 88 valence electrons. The molecule has 0 aromatic carbocycles. The van der Waals surface area contributed by atoms with Crippen LogP contribution in [0.4, 0.5) is 5.82 Å². The lowest BCUT2D eigenvalue weighted by molar-refractivity contribution is 0.642. The molecule has 0 bridgehead atoms. The molecule has 7 heteroatoms. The van der Waals surface area contributed by atoms with Gasteiger partial charge in [0.15, 0.2) is 11.6 Å². The maximum atomic E-state index is 4.25. The summed E-state index contributed by atoms with van der Waals surface area (Å²) in [6.07, 6.45) is 4.78. The first-order valence-corrected chi connectivity index (χ1v) is 5.05. The number of nitrogens with zero attached hydrogens (tertiary/aromatic N) is 7. The van der Waals surface area contributed by atoms with Gasteiger partial charge in [-0.15, -0.1) is 5.10 Å². The summed E-state index contributed by atoms with van der Waals surface area (Å²) in [5, 5.41) is 11.8. The Bertz CT molecular complexity index is 529. The second-order valence-corrected chi connectivity index (χ2v) is 3.68. The largest absolute Gasteiger partial charge is 0.369 e. The van der Waals surface area contributed by atoms with Crippen LogP contribution in [0.15, 0.2) is 23.6 Å². The lowest BCUT2D eigenvalue weighted by Gasteiger charge is -2.04. The molecule has 2 aromatic rings. The highest BCUT2D eigenvalue weighted by Gasteiger charge is 2.10. The van der Waals surface area contributed by atoms with E-state index in [9.17, 15) is 0 Å². The van der Waals surface area contributed by atoms with Crippen LogP contribution < -0.4 is 0 Å². The van der Waals surface area contributed by atoms with Crippen LogP contribution in [0.1, 0.15) is 0 Å². The Kier molecular flexibility index (Phi) is 3.08. The number of aromatic nitrogens is 5. The van der Waals surface area contributed by atoms with Gasteiger partial charge in [-0.25, -0.2) is 14.7 Å². The zero-order chi connectivity index (χ0) is 12.3. The summed E-state index contributed by atoms with van der Waals surface area (Å²) in [4.78, 5) is 10.2. The van der Waals surface area contributed by atoms with Gasteiger partial charge in [0.05, 0.1) is 18.1 Å². The molecule has 0 aliphatic carbocycles. The van der Waals surface area contributed by atoms with Crippen molar-refractivity contribution in [1.29, 1.82) is 0 Å². The lowest BCUT2D eigenvalue weighted by atomic mass is 10.2. The molecule has 0 saturated carbocycles. The normalized spacial score (nSPS) is 11.0. The topological polar surface area (TPSA) is 72.1 Å². The maximum Gasteiger partial charge on any atom is 0.186 e. The molecule has 2 heterocycles. The van der Waals surface area contributed by atoms with Crippen molar-refractivity contribution >= 4 is 12.2 Å². The predicted octanol–water partition coefficient (Wildman–Crippen LogP) is 0.493. The molecule has 0 N–H and O–H groups in total. The molecule has 0 fully saturated rings. The average Bonchev–Trinajstić information content (AvgIpc) is 2.73. The number of hydrogen-bond donors (Lipinski definition) is 0. The second-order valence-electron chi connectivity index (χ2n) is 3.68. The van der Waals surface area contributed by atoms with Gasteiger partial charge in [0.1, 0.15) is 6.33 Å². The predicted molar refractivity (Wildman–Crippen MR) is 63.9 cm³/mol. The van der Waals surface area contributed by atoms with Gasteiger partial charge in [-0.2, -0.15) is 10.2 Å². The smallest absolute Gasteiger partial charge is 0.186 e. The summed E-state index contributed by atoms with van der Waals surface area (Å²) in [6, 6.07) is 1.82. The fraction of sp³-hybridized carbons (Fsp3) is 0.300. The SMILES string of the molecule is CN(C)/C=N/c1nnccc1-c1ncnn1C. The van der Waals surface area contributed by atoms with Crippen LogP contribution in [0.3, 0.4) is 0 Å². The number of aryl methyl sites for hydroxylation is 1. The first kappa shape index (κ1) is 11.2. The van der Waals surface area contributed by atoms with E-state index < -0.39 is 0 Å². The minimum Gasteiger partial charge on any atom is -0.369 e. The fourth-order valence-electron chi connectivity index (χ4n) is 1.30. The van der Waals surface area contributed by atoms with E-state index in [1.54, 1.807) is 17.2 Å². The molecule has 0 atom stereocenters. The highest BCUT2D eigenvalue weighted by molar-refractivity contribution is 5.71. The minimum atomic E-state index is 0.525. The van der Waals surface area contributed by atoms with Gasteiger partial charge in [-0.1, -0.05) is 0 Å². The van der Waals surface area contributed by atoms with Gasteiger partial charge >= 0.3 is 0 Å². The van der Waals surface area contributed by atoms with Crippen LogP contribution in [0, 0.1) is 0 Å². The van der Waals surface area contributed by atoms with Crippen molar-refractivity contribution in [2.24, 2.45) is 12.0 Å². The van der Waals surface area contributed by atoms with E-state index in [0.29, 0.717) is 11.6 Å². The van der Waals surface area contributed by atoms with Gasteiger partial charge < -0.3 is 4.90 Å². The summed E-state index contributed by atoms with van der Waals surface area (Å²) in [7, 11) is 5.60. The van der Waals surface area contributed by atoms with Gasteiger partial charge in [-0.05, 0) is 6.07 Å². The first-order valence-electron chi connectivity index (χ1n) is 5.05. The molecule has 2 rings (SSSR count). The van der Waals surface area contributed by atoms with Crippen LogP contribution in [-0.4, -0.2) is 50.3 Å². The third-order valence-electron chi connectivity index (χ3n) is 2.06. The van der Waals surface area contributed by atoms with Crippen LogP contribution in [0.5, 0.6) is 0 Å². The van der Waals surface area contributed by atoms with Crippen LogP contribution in [0.25, 0.3) is 11.4 Å². The molecule has 0 radical (unpaired) electrons. The van der Waals surface area contributed by atoms with Crippen molar-refractivity contribution in [2.75, 3.05) is 14.1 Å². The van der Waals surface area contributed by atoms with Gasteiger partial charge in [0.2, 0.25) is 0 Å². The molecule has 0 saturated heterocycles. The monoisotopic (exact) mass is 231 g/mol. The van der Waals surface area contributed by atoms with Crippen molar-refractivity contribution in [1.82, 2.24) is 29.9 Å². The van der Waals surface area contributed by atoms with Crippen molar-refractivity contribution in [3.05, 3.63) is 18.6 Å². The van der Waals surface area contributed by atoms with Gasteiger partial charge in [-0.3, -0.25) is 0 Å².